The van der Waals surface area contributed by atoms with Crippen molar-refractivity contribution in [3.05, 3.63) is 0 Å². The molecular formula is C11H21N3O3. The van der Waals surface area contributed by atoms with E-state index in [1.54, 1.807) is 6.92 Å². The fourth-order valence-electron chi connectivity index (χ4n) is 1.99. The molecule has 1 rings (SSSR count). The summed E-state index contributed by atoms with van der Waals surface area (Å²) in [4.78, 5) is 24.7. The molecule has 1 heterocycles. The van der Waals surface area contributed by atoms with Crippen LogP contribution >= 0.6 is 0 Å². The van der Waals surface area contributed by atoms with Crippen LogP contribution in [0.2, 0.25) is 0 Å². The molecule has 0 aromatic carbocycles. The predicted molar refractivity (Wildman–Crippen MR) is 63.7 cm³/mol. The predicted octanol–water partition coefficient (Wildman–Crippen LogP) is -0.0587. The van der Waals surface area contributed by atoms with E-state index in [2.05, 4.69) is 10.6 Å². The summed E-state index contributed by atoms with van der Waals surface area (Å²) in [5.41, 5.74) is 0. The van der Waals surface area contributed by atoms with Crippen LogP contribution in [0, 0.1) is 0 Å². The molecule has 0 aromatic rings. The van der Waals surface area contributed by atoms with Crippen molar-refractivity contribution < 1.29 is 14.3 Å². The molecule has 1 fully saturated rings. The van der Waals surface area contributed by atoms with Gasteiger partial charge in [0.25, 0.3) is 0 Å². The molecule has 2 N–H and O–H groups in total. The normalized spacial score (nSPS) is 25.4. The number of carbonyl (C=O) groups is 2. The summed E-state index contributed by atoms with van der Waals surface area (Å²) in [5, 5.41) is 4.80. The first kappa shape index (κ1) is 13.9. The summed E-state index contributed by atoms with van der Waals surface area (Å²) in [6.45, 7) is 7.92. The Morgan fingerprint density at radius 1 is 1.29 bits per heavy atom. The van der Waals surface area contributed by atoms with Gasteiger partial charge in [0.2, 0.25) is 5.91 Å². The summed E-state index contributed by atoms with van der Waals surface area (Å²) in [5.74, 6) is -0.280. The number of imide groups is 1. The minimum Gasteiger partial charge on any atom is -0.373 e. The molecule has 6 heteroatoms. The summed E-state index contributed by atoms with van der Waals surface area (Å²) in [6, 6.07) is -0.438. The third kappa shape index (κ3) is 5.14. The number of hydrogen-bond donors (Lipinski definition) is 2. The van der Waals surface area contributed by atoms with Crippen molar-refractivity contribution in [3.63, 3.8) is 0 Å². The lowest BCUT2D eigenvalue weighted by Gasteiger charge is -2.34. The Labute approximate surface area is 102 Å². The summed E-state index contributed by atoms with van der Waals surface area (Å²) in [7, 11) is 0. The molecule has 2 atom stereocenters. The third-order valence-corrected chi connectivity index (χ3v) is 2.45. The first-order valence-corrected chi connectivity index (χ1v) is 5.96. The van der Waals surface area contributed by atoms with Crippen molar-refractivity contribution >= 4 is 11.9 Å². The number of hydrogen-bond acceptors (Lipinski definition) is 4. The molecule has 0 bridgehead atoms. The van der Waals surface area contributed by atoms with E-state index in [-0.39, 0.29) is 24.7 Å². The van der Waals surface area contributed by atoms with E-state index in [4.69, 9.17) is 4.74 Å². The van der Waals surface area contributed by atoms with Crippen LogP contribution < -0.4 is 10.6 Å². The summed E-state index contributed by atoms with van der Waals surface area (Å²) in [6.07, 6.45) is 0.243. The maximum Gasteiger partial charge on any atom is 0.321 e. The molecule has 1 aliphatic rings. The van der Waals surface area contributed by atoms with Gasteiger partial charge in [0.15, 0.2) is 0 Å². The number of rotatable bonds is 3. The fourth-order valence-corrected chi connectivity index (χ4v) is 1.99. The number of nitrogens with one attached hydrogen (secondary N) is 2. The second-order valence-corrected chi connectivity index (χ2v) is 4.36. The fraction of sp³-hybridized carbons (Fsp3) is 0.818. The van der Waals surface area contributed by atoms with E-state index in [1.165, 1.54) is 0 Å². The van der Waals surface area contributed by atoms with Gasteiger partial charge in [-0.05, 0) is 20.8 Å². The highest BCUT2D eigenvalue weighted by Gasteiger charge is 2.23. The van der Waals surface area contributed by atoms with Crippen LogP contribution in [0.5, 0.6) is 0 Å². The molecule has 0 radical (unpaired) electrons. The van der Waals surface area contributed by atoms with Crippen molar-refractivity contribution in [2.24, 2.45) is 0 Å². The maximum absolute atomic E-state index is 11.6. The second kappa shape index (κ2) is 6.56. The number of urea groups is 1. The summed E-state index contributed by atoms with van der Waals surface area (Å²) < 4.78 is 5.56. The number of carbonyl (C=O) groups excluding carboxylic acids is 2. The van der Waals surface area contributed by atoms with E-state index >= 15 is 0 Å². The highest BCUT2D eigenvalue weighted by molar-refractivity contribution is 5.95. The molecule has 1 saturated heterocycles. The van der Waals surface area contributed by atoms with Crippen molar-refractivity contribution in [2.45, 2.75) is 33.0 Å². The van der Waals surface area contributed by atoms with Gasteiger partial charge in [0.05, 0.1) is 18.8 Å². The minimum atomic E-state index is -0.438. The van der Waals surface area contributed by atoms with Crippen LogP contribution in [0.25, 0.3) is 0 Å². The van der Waals surface area contributed by atoms with Crippen LogP contribution in [0.15, 0.2) is 0 Å². The Balaban J connectivity index is 2.32. The average molecular weight is 243 g/mol. The number of ether oxygens (including phenoxy) is 1. The topological polar surface area (TPSA) is 70.7 Å². The zero-order valence-electron chi connectivity index (χ0n) is 10.7. The Morgan fingerprint density at radius 3 is 2.41 bits per heavy atom. The van der Waals surface area contributed by atoms with Crippen LogP contribution in [-0.4, -0.2) is 55.2 Å². The van der Waals surface area contributed by atoms with Crippen LogP contribution in [0.3, 0.4) is 0 Å². The lowest BCUT2D eigenvalue weighted by molar-refractivity contribution is -0.124. The first-order chi connectivity index (χ1) is 8.01. The number of amides is 3. The zero-order valence-corrected chi connectivity index (χ0v) is 10.7. The SMILES string of the molecule is CCNC(=O)NC(=O)CN1CC(C)OC(C)C1. The number of morpholine rings is 1. The molecule has 1 aliphatic heterocycles. The van der Waals surface area contributed by atoms with Crippen LogP contribution in [0.1, 0.15) is 20.8 Å². The molecule has 6 nitrogen and oxygen atoms in total. The average Bonchev–Trinajstić information content (AvgIpc) is 2.14. The quantitative estimate of drug-likeness (QED) is 0.728. The Morgan fingerprint density at radius 2 is 1.88 bits per heavy atom. The minimum absolute atomic E-state index is 0.121. The van der Waals surface area contributed by atoms with Gasteiger partial charge in [0, 0.05) is 19.6 Å². The standard InChI is InChI=1S/C11H21N3O3/c1-4-12-11(16)13-10(15)7-14-5-8(2)17-9(3)6-14/h8-9H,4-7H2,1-3H3,(H2,12,13,15,16). The van der Waals surface area contributed by atoms with Gasteiger partial charge in [-0.2, -0.15) is 0 Å². The van der Waals surface area contributed by atoms with Gasteiger partial charge in [-0.25, -0.2) is 4.79 Å². The molecule has 0 spiro atoms. The Hall–Kier alpha value is -1.14. The second-order valence-electron chi connectivity index (χ2n) is 4.36. The Kier molecular flexibility index (Phi) is 5.37. The van der Waals surface area contributed by atoms with Crippen molar-refractivity contribution in [3.8, 4) is 0 Å². The monoisotopic (exact) mass is 243 g/mol. The Bertz CT molecular complexity index is 273. The van der Waals surface area contributed by atoms with Gasteiger partial charge in [-0.15, -0.1) is 0 Å². The molecule has 98 valence electrons. The first-order valence-electron chi connectivity index (χ1n) is 5.96. The van der Waals surface area contributed by atoms with E-state index in [0.717, 1.165) is 0 Å². The zero-order chi connectivity index (χ0) is 12.8. The molecule has 0 saturated carbocycles. The smallest absolute Gasteiger partial charge is 0.321 e. The van der Waals surface area contributed by atoms with Gasteiger partial charge >= 0.3 is 6.03 Å². The van der Waals surface area contributed by atoms with E-state index < -0.39 is 6.03 Å². The van der Waals surface area contributed by atoms with E-state index in [1.807, 2.05) is 18.7 Å². The highest BCUT2D eigenvalue weighted by Crippen LogP contribution is 2.09. The van der Waals surface area contributed by atoms with E-state index in [9.17, 15) is 9.59 Å². The molecular weight excluding hydrogens is 222 g/mol. The summed E-state index contributed by atoms with van der Waals surface area (Å²) >= 11 is 0. The molecule has 0 aliphatic carbocycles. The lowest BCUT2D eigenvalue weighted by Crippen LogP contribution is -2.50. The van der Waals surface area contributed by atoms with Crippen molar-refractivity contribution in [2.75, 3.05) is 26.2 Å². The van der Waals surface area contributed by atoms with Crippen molar-refractivity contribution in [1.29, 1.82) is 0 Å². The van der Waals surface area contributed by atoms with E-state index in [0.29, 0.717) is 19.6 Å². The lowest BCUT2D eigenvalue weighted by atomic mass is 10.2. The molecule has 0 aromatic heterocycles. The van der Waals surface area contributed by atoms with Gasteiger partial charge in [-0.1, -0.05) is 0 Å². The molecule has 2 unspecified atom stereocenters. The molecule has 3 amide bonds. The number of nitrogens with zero attached hydrogens (tertiary/aromatic N) is 1. The maximum atomic E-state index is 11.6. The van der Waals surface area contributed by atoms with Crippen molar-refractivity contribution in [1.82, 2.24) is 15.5 Å². The highest BCUT2D eigenvalue weighted by atomic mass is 16.5. The van der Waals surface area contributed by atoms with Crippen LogP contribution in [-0.2, 0) is 9.53 Å². The van der Waals surface area contributed by atoms with Gasteiger partial charge < -0.3 is 10.1 Å². The molecule has 17 heavy (non-hydrogen) atoms. The largest absolute Gasteiger partial charge is 0.373 e. The van der Waals surface area contributed by atoms with Crippen LogP contribution in [0.4, 0.5) is 4.79 Å². The third-order valence-electron chi connectivity index (χ3n) is 2.45. The van der Waals surface area contributed by atoms with Gasteiger partial charge in [0.1, 0.15) is 0 Å². The van der Waals surface area contributed by atoms with Gasteiger partial charge in [-0.3, -0.25) is 15.0 Å².